The predicted octanol–water partition coefficient (Wildman–Crippen LogP) is 2.72. The van der Waals surface area contributed by atoms with E-state index in [9.17, 15) is 4.79 Å². The number of likely N-dealkylation sites (tertiary alicyclic amines) is 1. The molecule has 0 aliphatic carbocycles. The van der Waals surface area contributed by atoms with Gasteiger partial charge in [-0.1, -0.05) is 0 Å². The van der Waals surface area contributed by atoms with E-state index in [-0.39, 0.29) is 18.6 Å². The average molecular weight is 345 g/mol. The molecule has 0 saturated carbocycles. The molecule has 0 spiro atoms. The summed E-state index contributed by atoms with van der Waals surface area (Å²) in [7, 11) is 0. The third-order valence-corrected chi connectivity index (χ3v) is 5.23. The number of benzene rings is 1. The number of piperidine rings is 1. The zero-order chi connectivity index (χ0) is 16.4. The third-order valence-electron chi connectivity index (χ3n) is 4.46. The summed E-state index contributed by atoms with van der Waals surface area (Å²) in [6, 6.07) is 5.50. The Kier molecular flexibility index (Phi) is 4.36. The molecular weight excluding hydrogens is 326 g/mol. The van der Waals surface area contributed by atoms with Crippen molar-refractivity contribution in [2.75, 3.05) is 25.2 Å². The maximum atomic E-state index is 12.5. The molecule has 1 aromatic heterocycles. The Labute approximate surface area is 144 Å². The molecule has 4 rings (SSSR count). The summed E-state index contributed by atoms with van der Waals surface area (Å²) in [6.45, 7) is 3.06. The smallest absolute Gasteiger partial charge is 0.231 e. The first-order valence-electron chi connectivity index (χ1n) is 8.08. The van der Waals surface area contributed by atoms with Crippen molar-refractivity contribution in [2.45, 2.75) is 19.4 Å². The predicted molar refractivity (Wildman–Crippen MR) is 91.3 cm³/mol. The molecule has 1 N–H and O–H groups in total. The SMILES string of the molecule is O=C(Nc1ccc2c(c1)OCO2)C1CCN(Cc2cncs2)CC1. The molecule has 1 amide bonds. The Morgan fingerprint density at radius 2 is 2.12 bits per heavy atom. The first-order valence-corrected chi connectivity index (χ1v) is 8.96. The quantitative estimate of drug-likeness (QED) is 0.923. The summed E-state index contributed by atoms with van der Waals surface area (Å²) in [6.07, 6.45) is 3.69. The van der Waals surface area contributed by atoms with Gasteiger partial charge in [0.15, 0.2) is 11.5 Å². The van der Waals surface area contributed by atoms with E-state index in [0.29, 0.717) is 5.75 Å². The maximum Gasteiger partial charge on any atom is 0.231 e. The van der Waals surface area contributed by atoms with Crippen molar-refractivity contribution in [1.29, 1.82) is 0 Å². The number of hydrogen-bond donors (Lipinski definition) is 1. The van der Waals surface area contributed by atoms with Gasteiger partial charge in [-0.2, -0.15) is 0 Å². The molecule has 1 fully saturated rings. The number of carbonyl (C=O) groups excluding carboxylic acids is 1. The van der Waals surface area contributed by atoms with Crippen molar-refractivity contribution in [1.82, 2.24) is 9.88 Å². The van der Waals surface area contributed by atoms with Crippen LogP contribution in [0, 0.1) is 5.92 Å². The molecule has 0 atom stereocenters. The van der Waals surface area contributed by atoms with Crippen LogP contribution in [-0.4, -0.2) is 35.7 Å². The number of carbonyl (C=O) groups is 1. The van der Waals surface area contributed by atoms with E-state index in [2.05, 4.69) is 15.2 Å². The molecule has 126 valence electrons. The van der Waals surface area contributed by atoms with Crippen LogP contribution in [0.25, 0.3) is 0 Å². The van der Waals surface area contributed by atoms with Gasteiger partial charge in [0.1, 0.15) is 0 Å². The molecule has 0 radical (unpaired) electrons. The molecule has 2 aliphatic heterocycles. The van der Waals surface area contributed by atoms with Gasteiger partial charge in [0.2, 0.25) is 12.7 Å². The van der Waals surface area contributed by atoms with Crippen molar-refractivity contribution in [3.05, 3.63) is 34.8 Å². The van der Waals surface area contributed by atoms with Crippen LogP contribution in [0.1, 0.15) is 17.7 Å². The number of aromatic nitrogens is 1. The lowest BCUT2D eigenvalue weighted by atomic mass is 9.95. The Balaban J connectivity index is 1.30. The van der Waals surface area contributed by atoms with Gasteiger partial charge in [-0.15, -0.1) is 11.3 Å². The fourth-order valence-electron chi connectivity index (χ4n) is 3.11. The molecular formula is C17H19N3O3S. The van der Waals surface area contributed by atoms with Crippen LogP contribution in [0.4, 0.5) is 5.69 Å². The first kappa shape index (κ1) is 15.4. The maximum absolute atomic E-state index is 12.5. The van der Waals surface area contributed by atoms with Crippen LogP contribution < -0.4 is 14.8 Å². The number of fused-ring (bicyclic) bond motifs is 1. The lowest BCUT2D eigenvalue weighted by Gasteiger charge is -2.30. The highest BCUT2D eigenvalue weighted by Gasteiger charge is 2.25. The second kappa shape index (κ2) is 6.78. The van der Waals surface area contributed by atoms with Crippen LogP contribution in [-0.2, 0) is 11.3 Å². The monoisotopic (exact) mass is 345 g/mol. The van der Waals surface area contributed by atoms with Crippen molar-refractivity contribution < 1.29 is 14.3 Å². The molecule has 2 aromatic rings. The number of anilines is 1. The van der Waals surface area contributed by atoms with Crippen molar-refractivity contribution >= 4 is 22.9 Å². The van der Waals surface area contributed by atoms with Gasteiger partial charge in [0.05, 0.1) is 5.51 Å². The van der Waals surface area contributed by atoms with Gasteiger partial charge < -0.3 is 14.8 Å². The van der Waals surface area contributed by atoms with Gasteiger partial charge in [-0.05, 0) is 38.1 Å². The van der Waals surface area contributed by atoms with Crippen molar-refractivity contribution in [3.63, 3.8) is 0 Å². The molecule has 7 heteroatoms. The Bertz CT molecular complexity index is 712. The van der Waals surface area contributed by atoms with E-state index < -0.39 is 0 Å². The number of nitrogens with zero attached hydrogens (tertiary/aromatic N) is 2. The molecule has 0 bridgehead atoms. The minimum absolute atomic E-state index is 0.0631. The molecule has 1 saturated heterocycles. The number of thiazole rings is 1. The largest absolute Gasteiger partial charge is 0.454 e. The van der Waals surface area contributed by atoms with Gasteiger partial charge >= 0.3 is 0 Å². The van der Waals surface area contributed by atoms with E-state index in [0.717, 1.165) is 43.9 Å². The molecule has 24 heavy (non-hydrogen) atoms. The Hall–Kier alpha value is -2.12. The summed E-state index contributed by atoms with van der Waals surface area (Å²) in [4.78, 5) is 20.3. The van der Waals surface area contributed by atoms with E-state index in [1.807, 2.05) is 29.9 Å². The van der Waals surface area contributed by atoms with Crippen LogP contribution >= 0.6 is 11.3 Å². The molecule has 6 nitrogen and oxygen atoms in total. The normalized spacial score (nSPS) is 17.8. The summed E-state index contributed by atoms with van der Waals surface area (Å²) in [5.74, 6) is 1.57. The second-order valence-electron chi connectivity index (χ2n) is 6.08. The number of amides is 1. The zero-order valence-electron chi connectivity index (χ0n) is 13.2. The summed E-state index contributed by atoms with van der Waals surface area (Å²) >= 11 is 1.68. The Morgan fingerprint density at radius 3 is 2.92 bits per heavy atom. The number of ether oxygens (including phenoxy) is 2. The first-order chi connectivity index (χ1) is 11.8. The summed E-state index contributed by atoms with van der Waals surface area (Å²) in [5, 5.41) is 3.00. The third kappa shape index (κ3) is 3.37. The van der Waals surface area contributed by atoms with Gasteiger partial charge in [-0.25, -0.2) is 0 Å². The van der Waals surface area contributed by atoms with Crippen LogP contribution in [0.5, 0.6) is 11.5 Å². The van der Waals surface area contributed by atoms with Crippen molar-refractivity contribution in [2.24, 2.45) is 5.92 Å². The molecule has 2 aliphatic rings. The van der Waals surface area contributed by atoms with E-state index in [4.69, 9.17) is 9.47 Å². The second-order valence-corrected chi connectivity index (χ2v) is 7.05. The van der Waals surface area contributed by atoms with Gasteiger partial charge in [-0.3, -0.25) is 14.7 Å². The Morgan fingerprint density at radius 1 is 1.29 bits per heavy atom. The summed E-state index contributed by atoms with van der Waals surface area (Å²) < 4.78 is 10.6. The lowest BCUT2D eigenvalue weighted by molar-refractivity contribution is -0.121. The highest BCUT2D eigenvalue weighted by atomic mass is 32.1. The fourth-order valence-corrected chi connectivity index (χ4v) is 3.75. The van der Waals surface area contributed by atoms with Crippen LogP contribution in [0.2, 0.25) is 0 Å². The molecule has 1 aromatic carbocycles. The van der Waals surface area contributed by atoms with E-state index in [1.54, 1.807) is 11.3 Å². The number of rotatable bonds is 4. The standard InChI is InChI=1S/C17H19N3O3S/c21-17(19-13-1-2-15-16(7-13)23-11-22-15)12-3-5-20(6-4-12)9-14-8-18-10-24-14/h1-2,7-8,10,12H,3-6,9,11H2,(H,19,21). The average Bonchev–Trinajstić information content (AvgIpc) is 3.26. The van der Waals surface area contributed by atoms with E-state index >= 15 is 0 Å². The fraction of sp³-hybridized carbons (Fsp3) is 0.412. The molecule has 3 heterocycles. The highest BCUT2D eigenvalue weighted by molar-refractivity contribution is 7.09. The number of nitrogens with one attached hydrogen (secondary N) is 1. The topological polar surface area (TPSA) is 63.7 Å². The molecule has 0 unspecified atom stereocenters. The highest BCUT2D eigenvalue weighted by Crippen LogP contribution is 2.34. The minimum atomic E-state index is 0.0631. The van der Waals surface area contributed by atoms with Gasteiger partial charge in [0.25, 0.3) is 0 Å². The lowest BCUT2D eigenvalue weighted by Crippen LogP contribution is -2.37. The number of hydrogen-bond acceptors (Lipinski definition) is 6. The van der Waals surface area contributed by atoms with Gasteiger partial charge in [0, 0.05) is 35.3 Å². The summed E-state index contributed by atoms with van der Waals surface area (Å²) in [5.41, 5.74) is 2.62. The van der Waals surface area contributed by atoms with Crippen LogP contribution in [0.3, 0.4) is 0 Å². The zero-order valence-corrected chi connectivity index (χ0v) is 14.1. The van der Waals surface area contributed by atoms with Crippen LogP contribution in [0.15, 0.2) is 29.9 Å². The van der Waals surface area contributed by atoms with E-state index in [1.165, 1.54) is 4.88 Å². The minimum Gasteiger partial charge on any atom is -0.454 e. The van der Waals surface area contributed by atoms with Crippen molar-refractivity contribution in [3.8, 4) is 11.5 Å².